The summed E-state index contributed by atoms with van der Waals surface area (Å²) in [4.78, 5) is 34.1. The minimum Gasteiger partial charge on any atom is -0.508 e. The van der Waals surface area contributed by atoms with Gasteiger partial charge in [0.15, 0.2) is 6.10 Å². The number of aromatic hydroxyl groups is 1. The lowest BCUT2D eigenvalue weighted by atomic mass is 9.90. The molecule has 150 valence electrons. The number of carbonyl (C=O) groups is 2. The molecule has 3 atom stereocenters. The van der Waals surface area contributed by atoms with Crippen molar-refractivity contribution in [3.05, 3.63) is 90.0 Å². The normalized spacial score (nSPS) is 23.2. The van der Waals surface area contributed by atoms with Crippen LogP contribution in [0.3, 0.4) is 0 Å². The number of rotatable bonds is 3. The molecule has 2 saturated heterocycles. The number of carbonyl (C=O) groups excluding carboxylic acids is 2. The molecule has 2 aliphatic heterocycles. The quantitative estimate of drug-likeness (QED) is 0.678. The average molecular weight is 400 g/mol. The number of anilines is 2. The maximum Gasteiger partial charge on any atom is 0.266 e. The number of benzene rings is 3. The van der Waals surface area contributed by atoms with E-state index in [0.29, 0.717) is 16.9 Å². The number of nitrogens with zero attached hydrogens (tertiary/aromatic N) is 2. The summed E-state index contributed by atoms with van der Waals surface area (Å²) in [7, 11) is 0. The largest absolute Gasteiger partial charge is 0.508 e. The monoisotopic (exact) mass is 400 g/mol. The number of amides is 2. The molecular weight excluding hydrogens is 380 g/mol. The minimum atomic E-state index is -0.957. The van der Waals surface area contributed by atoms with Crippen LogP contribution in [-0.4, -0.2) is 23.0 Å². The van der Waals surface area contributed by atoms with E-state index in [0.717, 1.165) is 5.56 Å². The zero-order valence-electron chi connectivity index (χ0n) is 16.3. The van der Waals surface area contributed by atoms with Crippen molar-refractivity contribution in [1.82, 2.24) is 0 Å². The first-order valence-corrected chi connectivity index (χ1v) is 9.80. The second-order valence-corrected chi connectivity index (χ2v) is 7.52. The number of phenolic OH excluding ortho intramolecular Hbond substituents is 1. The Kier molecular flexibility index (Phi) is 4.29. The van der Waals surface area contributed by atoms with E-state index < -0.39 is 24.0 Å². The summed E-state index contributed by atoms with van der Waals surface area (Å²) in [5.41, 5.74) is 2.65. The Morgan fingerprint density at radius 1 is 0.833 bits per heavy atom. The Bertz CT molecular complexity index is 1130. The van der Waals surface area contributed by atoms with Gasteiger partial charge < -0.3 is 5.11 Å². The van der Waals surface area contributed by atoms with Crippen molar-refractivity contribution in [2.75, 3.05) is 9.96 Å². The van der Waals surface area contributed by atoms with Crippen molar-refractivity contribution < 1.29 is 19.5 Å². The first-order valence-electron chi connectivity index (χ1n) is 9.80. The summed E-state index contributed by atoms with van der Waals surface area (Å²) in [5.74, 6) is -1.43. The Labute approximate surface area is 173 Å². The highest BCUT2D eigenvalue weighted by Gasteiger charge is 2.60. The Hall–Kier alpha value is -3.64. The SMILES string of the molecule is Cc1ccccc1N1C(=O)[C@H]2[C@@H](ON(c3ccccc3)[C@H]2c2ccccc2O)C1=O. The molecule has 2 heterocycles. The molecule has 0 unspecified atom stereocenters. The van der Waals surface area contributed by atoms with Gasteiger partial charge in [0.1, 0.15) is 11.7 Å². The van der Waals surface area contributed by atoms with E-state index in [2.05, 4.69) is 0 Å². The first kappa shape index (κ1) is 18.4. The van der Waals surface area contributed by atoms with Crippen LogP contribution in [0.4, 0.5) is 11.4 Å². The number of hydrogen-bond acceptors (Lipinski definition) is 5. The summed E-state index contributed by atoms with van der Waals surface area (Å²) < 4.78 is 0. The van der Waals surface area contributed by atoms with E-state index in [1.807, 2.05) is 49.4 Å². The van der Waals surface area contributed by atoms with E-state index in [4.69, 9.17) is 4.84 Å². The smallest absolute Gasteiger partial charge is 0.266 e. The lowest BCUT2D eigenvalue weighted by molar-refractivity contribution is -0.126. The van der Waals surface area contributed by atoms with Crippen molar-refractivity contribution in [1.29, 1.82) is 0 Å². The van der Waals surface area contributed by atoms with Crippen LogP contribution in [-0.2, 0) is 14.4 Å². The van der Waals surface area contributed by atoms with Gasteiger partial charge in [-0.3, -0.25) is 14.4 Å². The molecule has 3 aromatic rings. The molecule has 0 radical (unpaired) electrons. The zero-order valence-corrected chi connectivity index (χ0v) is 16.3. The fourth-order valence-corrected chi connectivity index (χ4v) is 4.32. The molecule has 30 heavy (non-hydrogen) atoms. The van der Waals surface area contributed by atoms with Crippen molar-refractivity contribution in [2.24, 2.45) is 5.92 Å². The molecule has 0 saturated carbocycles. The van der Waals surface area contributed by atoms with Gasteiger partial charge in [-0.1, -0.05) is 54.6 Å². The maximum absolute atomic E-state index is 13.5. The molecule has 6 heteroatoms. The van der Waals surface area contributed by atoms with E-state index in [-0.39, 0.29) is 11.7 Å². The molecule has 0 bridgehead atoms. The first-order chi connectivity index (χ1) is 14.6. The molecule has 0 aliphatic carbocycles. The van der Waals surface area contributed by atoms with Crippen LogP contribution in [0.5, 0.6) is 5.75 Å². The van der Waals surface area contributed by atoms with Gasteiger partial charge in [-0.25, -0.2) is 9.96 Å². The number of fused-ring (bicyclic) bond motifs is 1. The summed E-state index contributed by atoms with van der Waals surface area (Å²) in [6, 6.07) is 22.8. The van der Waals surface area contributed by atoms with Crippen LogP contribution in [0.15, 0.2) is 78.9 Å². The average Bonchev–Trinajstić information content (AvgIpc) is 3.26. The van der Waals surface area contributed by atoms with Gasteiger partial charge in [0.25, 0.3) is 5.91 Å². The third-order valence-electron chi connectivity index (χ3n) is 5.74. The van der Waals surface area contributed by atoms with E-state index >= 15 is 0 Å². The lowest BCUT2D eigenvalue weighted by Crippen LogP contribution is -2.37. The summed E-state index contributed by atoms with van der Waals surface area (Å²) in [5, 5.41) is 12.1. The number of imide groups is 1. The molecule has 1 N–H and O–H groups in total. The zero-order chi connectivity index (χ0) is 20.8. The minimum absolute atomic E-state index is 0.0577. The Balaban J connectivity index is 1.62. The van der Waals surface area contributed by atoms with E-state index in [9.17, 15) is 14.7 Å². The lowest BCUT2D eigenvalue weighted by Gasteiger charge is -2.29. The van der Waals surface area contributed by atoms with Crippen LogP contribution < -0.4 is 9.96 Å². The highest BCUT2D eigenvalue weighted by molar-refractivity contribution is 6.24. The molecule has 3 aromatic carbocycles. The molecular formula is C24H20N2O4. The number of para-hydroxylation sites is 3. The molecule has 2 fully saturated rings. The fraction of sp³-hybridized carbons (Fsp3) is 0.167. The van der Waals surface area contributed by atoms with Crippen molar-refractivity contribution in [2.45, 2.75) is 19.1 Å². The topological polar surface area (TPSA) is 70.1 Å². The highest BCUT2D eigenvalue weighted by Crippen LogP contribution is 2.49. The predicted octanol–water partition coefficient (Wildman–Crippen LogP) is 3.75. The summed E-state index contributed by atoms with van der Waals surface area (Å²) in [6.45, 7) is 1.86. The van der Waals surface area contributed by atoms with Gasteiger partial charge in [0.2, 0.25) is 5.91 Å². The highest BCUT2D eigenvalue weighted by atomic mass is 16.7. The van der Waals surface area contributed by atoms with Crippen molar-refractivity contribution >= 4 is 23.2 Å². The van der Waals surface area contributed by atoms with Gasteiger partial charge in [-0.15, -0.1) is 0 Å². The van der Waals surface area contributed by atoms with E-state index in [1.165, 1.54) is 4.90 Å². The van der Waals surface area contributed by atoms with Crippen LogP contribution in [0.25, 0.3) is 0 Å². The third-order valence-corrected chi connectivity index (χ3v) is 5.74. The molecule has 2 amide bonds. The standard InChI is InChI=1S/C24H20N2O4/c1-15-9-5-7-13-18(15)25-23(28)20-21(17-12-6-8-14-19(17)27)26(30-22(20)24(25)29)16-10-3-2-4-11-16/h2-14,20-22,27H,1H3/t20-,21+,22-/m1/s1. The van der Waals surface area contributed by atoms with Gasteiger partial charge in [-0.2, -0.15) is 0 Å². The number of hydrogen-bond donors (Lipinski definition) is 1. The molecule has 0 aromatic heterocycles. The van der Waals surface area contributed by atoms with Crippen LogP contribution >= 0.6 is 0 Å². The molecule has 6 nitrogen and oxygen atoms in total. The number of hydroxylamine groups is 1. The summed E-state index contributed by atoms with van der Waals surface area (Å²) in [6.07, 6.45) is -0.957. The van der Waals surface area contributed by atoms with Crippen molar-refractivity contribution in [3.63, 3.8) is 0 Å². The van der Waals surface area contributed by atoms with Crippen LogP contribution in [0.2, 0.25) is 0 Å². The van der Waals surface area contributed by atoms with Gasteiger partial charge >= 0.3 is 0 Å². The Morgan fingerprint density at radius 3 is 2.23 bits per heavy atom. The maximum atomic E-state index is 13.5. The van der Waals surface area contributed by atoms with Crippen LogP contribution in [0, 0.1) is 12.8 Å². The molecule has 5 rings (SSSR count). The summed E-state index contributed by atoms with van der Waals surface area (Å²) >= 11 is 0. The predicted molar refractivity (Wildman–Crippen MR) is 112 cm³/mol. The Morgan fingerprint density at radius 2 is 1.50 bits per heavy atom. The van der Waals surface area contributed by atoms with Gasteiger partial charge in [-0.05, 0) is 36.8 Å². The second kappa shape index (κ2) is 7.00. The number of phenols is 1. The van der Waals surface area contributed by atoms with Gasteiger partial charge in [0.05, 0.1) is 17.4 Å². The van der Waals surface area contributed by atoms with Crippen molar-refractivity contribution in [3.8, 4) is 5.75 Å². The number of aryl methyl sites for hydroxylation is 1. The molecule has 0 spiro atoms. The van der Waals surface area contributed by atoms with Crippen LogP contribution in [0.1, 0.15) is 17.2 Å². The van der Waals surface area contributed by atoms with E-state index in [1.54, 1.807) is 41.5 Å². The second-order valence-electron chi connectivity index (χ2n) is 7.52. The fourth-order valence-electron chi connectivity index (χ4n) is 4.32. The third kappa shape index (κ3) is 2.69. The molecule has 2 aliphatic rings. The van der Waals surface area contributed by atoms with Gasteiger partial charge in [0, 0.05) is 5.56 Å².